The van der Waals surface area contributed by atoms with Gasteiger partial charge in [-0.05, 0) is 80.5 Å². The second-order valence-corrected chi connectivity index (χ2v) is 20.0. The molecule has 3 aliphatic rings. The summed E-state index contributed by atoms with van der Waals surface area (Å²) in [6.07, 6.45) is 6.06. The van der Waals surface area contributed by atoms with E-state index in [9.17, 15) is 28.8 Å². The van der Waals surface area contributed by atoms with E-state index >= 15 is 0 Å². The number of nitrogens with zero attached hydrogens (tertiary/aromatic N) is 5. The Kier molecular flexibility index (Phi) is 19.1. The predicted molar refractivity (Wildman–Crippen MR) is 282 cm³/mol. The topological polar surface area (TPSA) is 275 Å². The van der Waals surface area contributed by atoms with Crippen LogP contribution in [0.4, 0.5) is 10.5 Å². The van der Waals surface area contributed by atoms with Crippen LogP contribution in [0.25, 0.3) is 33.5 Å². The molecule has 1 fully saturated rings. The van der Waals surface area contributed by atoms with E-state index < -0.39 is 18.0 Å². The summed E-state index contributed by atoms with van der Waals surface area (Å²) < 4.78 is 23.9. The Morgan fingerprint density at radius 1 is 0.829 bits per heavy atom. The van der Waals surface area contributed by atoms with Crippen molar-refractivity contribution in [3.63, 3.8) is 0 Å². The lowest BCUT2D eigenvalue weighted by atomic mass is 9.89. The molecule has 0 unspecified atom stereocenters. The van der Waals surface area contributed by atoms with E-state index in [1.54, 1.807) is 0 Å². The molecule has 0 bridgehead atoms. The number of piperidine rings is 2. The van der Waals surface area contributed by atoms with E-state index in [0.717, 1.165) is 82.5 Å². The summed E-state index contributed by atoms with van der Waals surface area (Å²) in [6, 6.07) is 20.4. The zero-order chi connectivity index (χ0) is 53.4. The minimum Gasteiger partial charge on any atom is -0.488 e. The van der Waals surface area contributed by atoms with Crippen molar-refractivity contribution in [3.8, 4) is 28.4 Å². The molecule has 8 rings (SSSR count). The van der Waals surface area contributed by atoms with Crippen molar-refractivity contribution in [2.24, 2.45) is 17.6 Å². The number of hydrogen-bond donors (Lipinski definition) is 6. The van der Waals surface area contributed by atoms with Crippen LogP contribution in [0.1, 0.15) is 70.8 Å². The molecule has 4 heterocycles. The number of H-pyrrole nitrogens is 2. The van der Waals surface area contributed by atoms with Gasteiger partial charge in [0.1, 0.15) is 37.5 Å². The van der Waals surface area contributed by atoms with Crippen molar-refractivity contribution in [1.82, 2.24) is 40.9 Å². The number of ether oxygens (including phenoxy) is 4. The number of aromatic amines is 2. The van der Waals surface area contributed by atoms with Crippen LogP contribution in [0, 0.1) is 11.8 Å². The van der Waals surface area contributed by atoms with Gasteiger partial charge >= 0.3 is 6.03 Å². The number of nitrogens with two attached hydrogens (primary N) is 1. The number of fused-ring (bicyclic) bond motifs is 1. The van der Waals surface area contributed by atoms with Crippen LogP contribution >= 0.6 is 0 Å². The van der Waals surface area contributed by atoms with Crippen molar-refractivity contribution in [3.05, 3.63) is 89.8 Å². The number of quaternary nitrogens is 1. The van der Waals surface area contributed by atoms with Crippen LogP contribution in [0.2, 0.25) is 0 Å². The molecule has 7 N–H and O–H groups in total. The number of primary amides is 1. The summed E-state index contributed by atoms with van der Waals surface area (Å²) in [4.78, 5) is 81.7. The molecule has 76 heavy (non-hydrogen) atoms. The molecule has 21 heteroatoms. The zero-order valence-corrected chi connectivity index (χ0v) is 43.4. The maximum absolute atomic E-state index is 13.9. The number of urea groups is 1. The summed E-state index contributed by atoms with van der Waals surface area (Å²) in [5, 5.41) is 24.1. The van der Waals surface area contributed by atoms with E-state index in [0.29, 0.717) is 55.1 Å². The van der Waals surface area contributed by atoms with Crippen LogP contribution in [-0.4, -0.2) is 155 Å². The number of nitrogens with one attached hydrogen (secondary N) is 5. The van der Waals surface area contributed by atoms with Gasteiger partial charge in [-0.1, -0.05) is 38.1 Å². The number of rotatable bonds is 31. The smallest absolute Gasteiger partial charge is 0.312 e. The van der Waals surface area contributed by atoms with E-state index in [1.807, 2.05) is 74.5 Å². The summed E-state index contributed by atoms with van der Waals surface area (Å²) in [5.74, 6) is -0.938. The third kappa shape index (κ3) is 15.0. The van der Waals surface area contributed by atoms with Gasteiger partial charge in [0.15, 0.2) is 11.6 Å². The fourth-order valence-electron chi connectivity index (χ4n) is 9.93. The Morgan fingerprint density at radius 3 is 2.28 bits per heavy atom. The largest absolute Gasteiger partial charge is 0.488 e. The lowest BCUT2D eigenvalue weighted by molar-refractivity contribution is -0.945. The first-order valence-corrected chi connectivity index (χ1v) is 26.4. The van der Waals surface area contributed by atoms with Gasteiger partial charge in [-0.15, -0.1) is 0 Å². The highest BCUT2D eigenvalue weighted by atomic mass is 16.5. The highest BCUT2D eigenvalue weighted by Gasteiger charge is 2.46. The molecule has 3 aromatic carbocycles. The Hall–Kier alpha value is -7.33. The van der Waals surface area contributed by atoms with Crippen molar-refractivity contribution >= 4 is 52.0 Å². The first-order valence-electron chi connectivity index (χ1n) is 26.4. The highest BCUT2D eigenvalue weighted by molar-refractivity contribution is 6.25. The number of hydrogen-bond acceptors (Lipinski definition) is 13. The Morgan fingerprint density at radius 2 is 1.57 bits per heavy atom. The number of likely N-dealkylation sites (tertiary alicyclic amines) is 2. The molecule has 404 valence electrons. The fraction of sp³-hybridized carbons (Fsp3) is 0.473. The van der Waals surface area contributed by atoms with Crippen molar-refractivity contribution in [2.45, 2.75) is 77.8 Å². The average Bonchev–Trinajstić information content (AvgIpc) is 3.70. The number of carbonyl (C=O) groups excluding carboxylic acids is 6. The summed E-state index contributed by atoms with van der Waals surface area (Å²) in [6.45, 7) is 9.79. The van der Waals surface area contributed by atoms with Gasteiger partial charge in [0.05, 0.1) is 70.8 Å². The molecule has 21 nitrogen and oxygen atoms in total. The SMILES string of the molecule is CC(C)[C@H](NC(=O)CCOCCOCCOCCN1C(=O)C2=C(C2)C1=O)C(=O)C[C@@H](CCCNC(N)=O)C(=O)Nc1ccc(C[N+]2(CCOc3cccc(-c4n[nH]c5ccc(-c6ncn[nH]6)cc45)c3)CCCCC2)cc1. The quantitative estimate of drug-likeness (QED) is 0.0189. The molecule has 2 aromatic heterocycles. The lowest BCUT2D eigenvalue weighted by Gasteiger charge is -2.41. The summed E-state index contributed by atoms with van der Waals surface area (Å²) in [5.41, 5.74) is 11.8. The van der Waals surface area contributed by atoms with E-state index in [-0.39, 0.29) is 94.3 Å². The maximum atomic E-state index is 13.9. The first kappa shape index (κ1) is 54.9. The van der Waals surface area contributed by atoms with Crippen molar-refractivity contribution in [1.29, 1.82) is 0 Å². The normalized spacial score (nSPS) is 15.7. The number of Topliss-reactive ketones (excluding diaryl/α,β-unsaturated/α-hetero) is 1. The number of aromatic nitrogens is 5. The van der Waals surface area contributed by atoms with Gasteiger partial charge in [-0.2, -0.15) is 10.2 Å². The standard InChI is InChI=1S/C55H69N11O10/c1-36(2)49(61-48(68)17-23-73-26-28-75-29-27-74-24-19-65-53(70)43-33-44(43)54(65)71)47(67)32-40(9-7-18-57-55(56)72)52(69)60-41-14-11-37(12-15-41)34-66(20-4-3-5-21-66)22-25-76-42-10-6-8-38(30-42)50-45-31-39(51-58-35-59-64-51)13-16-46(45)62-63-50/h6,8,10-16,30-31,35-36,40,49H,3-5,7,9,17-29,32-34H2,1-2H3,(H6-,56,57,58,59,60,61,62,63,64,68,69,70,71,72)/p+1/t40-,49+/m1/s1. The number of imide groups is 1. The Labute approximate surface area is 441 Å². The second kappa shape index (κ2) is 26.4. The fourth-order valence-corrected chi connectivity index (χ4v) is 9.93. The van der Waals surface area contributed by atoms with Gasteiger partial charge in [0.2, 0.25) is 11.8 Å². The summed E-state index contributed by atoms with van der Waals surface area (Å²) in [7, 11) is 0. The second-order valence-electron chi connectivity index (χ2n) is 20.0. The average molecular weight is 1050 g/mol. The van der Waals surface area contributed by atoms with Crippen LogP contribution in [0.3, 0.4) is 0 Å². The van der Waals surface area contributed by atoms with Gasteiger partial charge in [-0.25, -0.2) is 9.78 Å². The van der Waals surface area contributed by atoms with E-state index in [4.69, 9.17) is 24.7 Å². The zero-order valence-electron chi connectivity index (χ0n) is 43.4. The number of amides is 6. The van der Waals surface area contributed by atoms with Gasteiger partial charge in [0, 0.05) is 70.6 Å². The Bertz CT molecular complexity index is 2820. The molecule has 1 saturated heterocycles. The van der Waals surface area contributed by atoms with Crippen LogP contribution < -0.4 is 26.4 Å². The maximum Gasteiger partial charge on any atom is 0.312 e. The van der Waals surface area contributed by atoms with Gasteiger partial charge < -0.3 is 45.1 Å². The molecule has 2 atom stereocenters. The molecule has 1 aliphatic carbocycles. The third-order valence-electron chi connectivity index (χ3n) is 14.2. The van der Waals surface area contributed by atoms with Crippen LogP contribution in [0.5, 0.6) is 5.75 Å². The molecular formula is C55H70N11O10+. The van der Waals surface area contributed by atoms with Crippen LogP contribution in [0.15, 0.2) is 84.2 Å². The molecule has 0 spiro atoms. The van der Waals surface area contributed by atoms with Crippen LogP contribution in [-0.2, 0) is 44.7 Å². The van der Waals surface area contributed by atoms with Crippen molar-refractivity contribution < 1.29 is 52.2 Å². The number of ketones is 1. The van der Waals surface area contributed by atoms with Gasteiger partial charge in [-0.3, -0.25) is 39.1 Å². The molecule has 0 saturated carbocycles. The molecule has 2 aliphatic heterocycles. The molecule has 6 amide bonds. The number of anilines is 1. The highest BCUT2D eigenvalue weighted by Crippen LogP contribution is 2.40. The summed E-state index contributed by atoms with van der Waals surface area (Å²) >= 11 is 0. The van der Waals surface area contributed by atoms with Crippen molar-refractivity contribution in [2.75, 3.05) is 84.3 Å². The van der Waals surface area contributed by atoms with Gasteiger partial charge in [0.25, 0.3) is 11.8 Å². The first-order chi connectivity index (χ1) is 36.9. The monoisotopic (exact) mass is 1040 g/mol. The minimum absolute atomic E-state index is 0.0201. The molecule has 0 radical (unpaired) electrons. The molecule has 5 aromatic rings. The lowest BCUT2D eigenvalue weighted by Crippen LogP contribution is -2.52. The minimum atomic E-state index is -0.830. The number of benzene rings is 3. The van der Waals surface area contributed by atoms with E-state index in [1.165, 1.54) is 17.6 Å². The molecular weight excluding hydrogens is 975 g/mol. The Balaban J connectivity index is 0.781. The number of carbonyl (C=O) groups is 6. The predicted octanol–water partition coefficient (Wildman–Crippen LogP) is 5.21. The van der Waals surface area contributed by atoms with E-state index in [2.05, 4.69) is 47.4 Å². The third-order valence-corrected chi connectivity index (χ3v) is 14.2.